The molecule has 2 aromatic rings. The summed E-state index contributed by atoms with van der Waals surface area (Å²) in [6.45, 7) is -0.242. The number of anilines is 1. The van der Waals surface area contributed by atoms with Gasteiger partial charge in [0.05, 0.1) is 5.69 Å². The topological polar surface area (TPSA) is 46.6 Å². The molecule has 2 amide bonds. The van der Waals surface area contributed by atoms with Crippen LogP contribution in [0.4, 0.5) is 23.7 Å². The average molecular weight is 323 g/mol. The predicted octanol–water partition coefficient (Wildman–Crippen LogP) is 3.92. The van der Waals surface area contributed by atoms with Crippen molar-refractivity contribution >= 4 is 17.7 Å². The molecule has 4 nitrogen and oxygen atoms in total. The molecule has 0 saturated heterocycles. The molecule has 0 N–H and O–H groups in total. The summed E-state index contributed by atoms with van der Waals surface area (Å²) in [7, 11) is 0. The molecule has 0 aliphatic rings. The average Bonchev–Trinajstić information content (AvgIpc) is 2.54. The molecule has 0 unspecified atom stereocenters. The number of para-hydroxylation sites is 1. The van der Waals surface area contributed by atoms with E-state index in [0.29, 0.717) is 5.56 Å². The fourth-order valence-electron chi connectivity index (χ4n) is 1.79. The maximum atomic E-state index is 12.7. The molecule has 0 radical (unpaired) electrons. The van der Waals surface area contributed by atoms with Crippen LogP contribution in [0.1, 0.15) is 5.56 Å². The lowest BCUT2D eigenvalue weighted by molar-refractivity contribution is -0.169. The Morgan fingerprint density at radius 1 is 0.913 bits per heavy atom. The molecule has 0 spiro atoms. The molecule has 7 heteroatoms. The molecule has 0 fully saturated rings. The van der Waals surface area contributed by atoms with E-state index in [1.807, 2.05) is 0 Å². The van der Waals surface area contributed by atoms with Crippen LogP contribution in [0.2, 0.25) is 0 Å². The SMILES string of the molecule is O=C(OCc1ccccc1)N(C(=O)C(F)(F)F)c1ccccc1. The second kappa shape index (κ2) is 6.95. The second-order valence-corrected chi connectivity index (χ2v) is 4.51. The molecular weight excluding hydrogens is 311 g/mol. The van der Waals surface area contributed by atoms with Gasteiger partial charge in [0.1, 0.15) is 6.61 Å². The third-order valence-corrected chi connectivity index (χ3v) is 2.85. The normalized spacial score (nSPS) is 10.9. The number of rotatable bonds is 3. The molecule has 0 aliphatic carbocycles. The summed E-state index contributed by atoms with van der Waals surface area (Å²) in [5, 5.41) is 0. The summed E-state index contributed by atoms with van der Waals surface area (Å²) in [6, 6.07) is 15.2. The minimum Gasteiger partial charge on any atom is -0.444 e. The first-order valence-electron chi connectivity index (χ1n) is 6.56. The van der Waals surface area contributed by atoms with Gasteiger partial charge in [0.15, 0.2) is 0 Å². The van der Waals surface area contributed by atoms with Gasteiger partial charge >= 0.3 is 18.2 Å². The maximum Gasteiger partial charge on any atom is 0.472 e. The molecule has 0 heterocycles. The van der Waals surface area contributed by atoms with E-state index < -0.39 is 18.2 Å². The molecule has 0 aromatic heterocycles. The van der Waals surface area contributed by atoms with Gasteiger partial charge in [-0.2, -0.15) is 13.2 Å². The second-order valence-electron chi connectivity index (χ2n) is 4.51. The van der Waals surface area contributed by atoms with E-state index in [9.17, 15) is 22.8 Å². The zero-order valence-corrected chi connectivity index (χ0v) is 11.8. The number of nitrogens with zero attached hydrogens (tertiary/aromatic N) is 1. The molecule has 0 atom stereocenters. The van der Waals surface area contributed by atoms with Gasteiger partial charge in [-0.25, -0.2) is 9.69 Å². The van der Waals surface area contributed by atoms with Gasteiger partial charge < -0.3 is 4.74 Å². The monoisotopic (exact) mass is 323 g/mol. The minimum absolute atomic E-state index is 0.0249. The number of amides is 2. The number of carbonyl (C=O) groups is 2. The van der Waals surface area contributed by atoms with E-state index in [4.69, 9.17) is 4.74 Å². The first-order chi connectivity index (χ1) is 10.9. The number of benzene rings is 2. The highest BCUT2D eigenvalue weighted by Gasteiger charge is 2.46. The maximum absolute atomic E-state index is 12.7. The predicted molar refractivity (Wildman–Crippen MR) is 76.6 cm³/mol. The molecule has 0 saturated carbocycles. The lowest BCUT2D eigenvalue weighted by Gasteiger charge is -2.21. The summed E-state index contributed by atoms with van der Waals surface area (Å²) in [4.78, 5) is 23.5. The molecule has 0 aliphatic heterocycles. The first-order valence-corrected chi connectivity index (χ1v) is 6.56. The van der Waals surface area contributed by atoms with Gasteiger partial charge in [0.2, 0.25) is 0 Å². The van der Waals surface area contributed by atoms with Crippen molar-refractivity contribution in [2.45, 2.75) is 12.8 Å². The van der Waals surface area contributed by atoms with E-state index in [2.05, 4.69) is 0 Å². The molecule has 0 bridgehead atoms. The van der Waals surface area contributed by atoms with Gasteiger partial charge in [-0.3, -0.25) is 4.79 Å². The number of hydrogen-bond acceptors (Lipinski definition) is 3. The van der Waals surface area contributed by atoms with Crippen molar-refractivity contribution in [2.24, 2.45) is 0 Å². The first kappa shape index (κ1) is 16.5. The number of ether oxygens (including phenoxy) is 1. The van der Waals surface area contributed by atoms with Crippen molar-refractivity contribution in [3.05, 3.63) is 66.2 Å². The van der Waals surface area contributed by atoms with Gasteiger partial charge in [-0.1, -0.05) is 48.5 Å². The number of alkyl halides is 3. The van der Waals surface area contributed by atoms with Crippen molar-refractivity contribution in [1.29, 1.82) is 0 Å². The summed E-state index contributed by atoms with van der Waals surface area (Å²) in [5.74, 6) is -2.30. The Morgan fingerprint density at radius 3 is 1.96 bits per heavy atom. The Hall–Kier alpha value is -2.83. The zero-order valence-electron chi connectivity index (χ0n) is 11.8. The number of carbonyl (C=O) groups excluding carboxylic acids is 2. The van der Waals surface area contributed by atoms with E-state index in [1.54, 1.807) is 36.4 Å². The van der Waals surface area contributed by atoms with Gasteiger partial charge in [0.25, 0.3) is 0 Å². The van der Waals surface area contributed by atoms with Crippen molar-refractivity contribution in [2.75, 3.05) is 4.90 Å². The van der Waals surface area contributed by atoms with Gasteiger partial charge in [-0.05, 0) is 17.7 Å². The van der Waals surface area contributed by atoms with Gasteiger partial charge in [-0.15, -0.1) is 0 Å². The van der Waals surface area contributed by atoms with Crippen LogP contribution in [0.3, 0.4) is 0 Å². The van der Waals surface area contributed by atoms with Crippen molar-refractivity contribution < 1.29 is 27.5 Å². The quantitative estimate of drug-likeness (QED) is 0.860. The van der Waals surface area contributed by atoms with E-state index in [1.165, 1.54) is 24.3 Å². The zero-order chi connectivity index (χ0) is 16.9. The number of hydrogen-bond donors (Lipinski definition) is 0. The van der Waals surface area contributed by atoms with Gasteiger partial charge in [0, 0.05) is 0 Å². The smallest absolute Gasteiger partial charge is 0.444 e. The number of imide groups is 1. The van der Waals surface area contributed by atoms with Crippen LogP contribution in [-0.2, 0) is 16.1 Å². The molecule has 2 aromatic carbocycles. The van der Waals surface area contributed by atoms with Crippen LogP contribution in [0.25, 0.3) is 0 Å². The van der Waals surface area contributed by atoms with Crippen molar-refractivity contribution in [3.63, 3.8) is 0 Å². The highest BCUT2D eigenvalue weighted by molar-refractivity contribution is 6.14. The molecule has 23 heavy (non-hydrogen) atoms. The summed E-state index contributed by atoms with van der Waals surface area (Å²) < 4.78 is 43.0. The van der Waals surface area contributed by atoms with Crippen LogP contribution in [0, 0.1) is 0 Å². The Morgan fingerprint density at radius 2 is 1.43 bits per heavy atom. The van der Waals surface area contributed by atoms with Crippen LogP contribution >= 0.6 is 0 Å². The highest BCUT2D eigenvalue weighted by Crippen LogP contribution is 2.24. The summed E-state index contributed by atoms with van der Waals surface area (Å²) in [6.07, 6.45) is -6.58. The standard InChI is InChI=1S/C16H12F3NO3/c17-16(18,19)14(21)20(13-9-5-2-6-10-13)15(22)23-11-12-7-3-1-4-8-12/h1-10H,11H2. The van der Waals surface area contributed by atoms with Crippen LogP contribution < -0.4 is 4.90 Å². The van der Waals surface area contributed by atoms with E-state index >= 15 is 0 Å². The lowest BCUT2D eigenvalue weighted by Crippen LogP contribution is -2.45. The van der Waals surface area contributed by atoms with Crippen LogP contribution in [0.5, 0.6) is 0 Å². The highest BCUT2D eigenvalue weighted by atomic mass is 19.4. The Balaban J connectivity index is 2.20. The summed E-state index contributed by atoms with van der Waals surface area (Å²) in [5.41, 5.74) is 0.376. The summed E-state index contributed by atoms with van der Waals surface area (Å²) >= 11 is 0. The Labute approximate surface area is 130 Å². The van der Waals surface area contributed by atoms with Crippen molar-refractivity contribution in [1.82, 2.24) is 0 Å². The van der Waals surface area contributed by atoms with Crippen LogP contribution in [0.15, 0.2) is 60.7 Å². The Bertz CT molecular complexity index is 672. The number of halogens is 3. The molecule has 120 valence electrons. The van der Waals surface area contributed by atoms with Crippen LogP contribution in [-0.4, -0.2) is 18.2 Å². The molecular formula is C16H12F3NO3. The third-order valence-electron chi connectivity index (χ3n) is 2.85. The fourth-order valence-corrected chi connectivity index (χ4v) is 1.79. The minimum atomic E-state index is -5.19. The van der Waals surface area contributed by atoms with Crippen molar-refractivity contribution in [3.8, 4) is 0 Å². The third kappa shape index (κ3) is 4.32. The lowest BCUT2D eigenvalue weighted by atomic mass is 10.2. The Kier molecular flexibility index (Phi) is 5.00. The van der Waals surface area contributed by atoms with E-state index in [-0.39, 0.29) is 17.2 Å². The molecule has 2 rings (SSSR count). The largest absolute Gasteiger partial charge is 0.472 e. The van der Waals surface area contributed by atoms with E-state index in [0.717, 1.165) is 0 Å². The fraction of sp³-hybridized carbons (Fsp3) is 0.125.